The highest BCUT2D eigenvalue weighted by Crippen LogP contribution is 2.64. The van der Waals surface area contributed by atoms with E-state index in [4.69, 9.17) is 14.2 Å². The first-order valence-corrected chi connectivity index (χ1v) is 11.7. The highest BCUT2D eigenvalue weighted by atomic mass is 16.8. The molecule has 0 amide bonds. The number of ether oxygens (including phenoxy) is 3. The maximum Gasteiger partial charge on any atom is 0.187 e. The van der Waals surface area contributed by atoms with E-state index in [-0.39, 0.29) is 48.1 Å². The second-order valence-electron chi connectivity index (χ2n) is 11.0. The number of aliphatic hydroxyl groups excluding tert-OH is 1. The highest BCUT2D eigenvalue weighted by Gasteiger charge is 2.61. The average molecular weight is 403 g/mol. The minimum Gasteiger partial charge on any atom is -0.394 e. The van der Waals surface area contributed by atoms with Gasteiger partial charge in [0.25, 0.3) is 0 Å². The Kier molecular flexibility index (Phi) is 4.17. The van der Waals surface area contributed by atoms with E-state index in [9.17, 15) is 9.90 Å². The van der Waals surface area contributed by atoms with Crippen molar-refractivity contribution in [3.05, 3.63) is 11.6 Å². The zero-order valence-corrected chi connectivity index (χ0v) is 17.6. The van der Waals surface area contributed by atoms with Crippen LogP contribution < -0.4 is 0 Å². The van der Waals surface area contributed by atoms with Gasteiger partial charge in [-0.2, -0.15) is 0 Å². The van der Waals surface area contributed by atoms with Crippen molar-refractivity contribution in [3.63, 3.8) is 0 Å². The summed E-state index contributed by atoms with van der Waals surface area (Å²) >= 11 is 0. The zero-order chi connectivity index (χ0) is 20.0. The van der Waals surface area contributed by atoms with Gasteiger partial charge in [0.2, 0.25) is 0 Å². The van der Waals surface area contributed by atoms with Gasteiger partial charge in [0.05, 0.1) is 12.7 Å². The Balaban J connectivity index is 1.18. The molecule has 0 spiro atoms. The summed E-state index contributed by atoms with van der Waals surface area (Å²) in [6, 6.07) is 0. The van der Waals surface area contributed by atoms with Crippen LogP contribution in [0.3, 0.4) is 0 Å². The van der Waals surface area contributed by atoms with E-state index in [0.717, 1.165) is 44.9 Å². The molecule has 29 heavy (non-hydrogen) atoms. The van der Waals surface area contributed by atoms with Crippen molar-refractivity contribution >= 4 is 5.78 Å². The Labute approximate surface area is 173 Å². The van der Waals surface area contributed by atoms with Crippen molar-refractivity contribution in [2.45, 2.75) is 95.9 Å². The highest BCUT2D eigenvalue weighted by molar-refractivity contribution is 5.87. The monoisotopic (exact) mass is 402 g/mol. The van der Waals surface area contributed by atoms with E-state index in [0.29, 0.717) is 23.5 Å². The van der Waals surface area contributed by atoms with Crippen molar-refractivity contribution in [1.82, 2.24) is 0 Å². The third-order valence-corrected chi connectivity index (χ3v) is 9.78. The average Bonchev–Trinajstić information content (AvgIpc) is 3.35. The quantitative estimate of drug-likeness (QED) is 0.579. The third-order valence-electron chi connectivity index (χ3n) is 9.78. The van der Waals surface area contributed by atoms with Gasteiger partial charge >= 0.3 is 0 Å². The Hall–Kier alpha value is -0.750. The second kappa shape index (κ2) is 6.38. The molecule has 0 aromatic carbocycles. The number of aliphatic hydroxyl groups is 1. The van der Waals surface area contributed by atoms with Gasteiger partial charge < -0.3 is 19.3 Å². The fourth-order valence-corrected chi connectivity index (χ4v) is 7.94. The molecular weight excluding hydrogens is 368 g/mol. The Bertz CT molecular complexity index is 748. The van der Waals surface area contributed by atoms with Crippen LogP contribution in [0.2, 0.25) is 0 Å². The normalized spacial score (nSPS) is 55.6. The van der Waals surface area contributed by atoms with Crippen molar-refractivity contribution in [2.24, 2.45) is 28.6 Å². The minimum absolute atomic E-state index is 0.000570. The van der Waals surface area contributed by atoms with Crippen LogP contribution in [0.5, 0.6) is 0 Å². The van der Waals surface area contributed by atoms with Gasteiger partial charge in [-0.05, 0) is 68.1 Å². The number of carbonyl (C=O) groups is 1. The first-order chi connectivity index (χ1) is 13.9. The number of allylic oxidation sites excluding steroid dienone is 1. The molecule has 6 rings (SSSR count). The van der Waals surface area contributed by atoms with Crippen LogP contribution in [-0.2, 0) is 19.0 Å². The Morgan fingerprint density at radius 1 is 1.10 bits per heavy atom. The molecule has 0 bridgehead atoms. The SMILES string of the molecule is CC12CCC3C(CC=C4CC(OC5OC(CO)C6OC56)CCC43C)C1CCC2=O. The molecule has 10 atom stereocenters. The molecule has 0 radical (unpaired) electrons. The number of fused-ring (bicyclic) bond motifs is 6. The number of hydrogen-bond donors (Lipinski definition) is 1. The first-order valence-electron chi connectivity index (χ1n) is 11.7. The van der Waals surface area contributed by atoms with E-state index >= 15 is 0 Å². The van der Waals surface area contributed by atoms with E-state index in [1.807, 2.05) is 0 Å². The van der Waals surface area contributed by atoms with E-state index < -0.39 is 0 Å². The third kappa shape index (κ3) is 2.63. The fourth-order valence-electron chi connectivity index (χ4n) is 7.94. The molecule has 5 fully saturated rings. The number of ketones is 1. The molecule has 5 heteroatoms. The molecule has 0 aromatic heterocycles. The van der Waals surface area contributed by atoms with E-state index in [2.05, 4.69) is 19.9 Å². The number of epoxide rings is 1. The lowest BCUT2D eigenvalue weighted by molar-refractivity contribution is -0.207. The molecule has 5 nitrogen and oxygen atoms in total. The number of carbonyl (C=O) groups excluding carboxylic acids is 1. The number of rotatable bonds is 3. The molecule has 2 aliphatic heterocycles. The van der Waals surface area contributed by atoms with Crippen molar-refractivity contribution in [3.8, 4) is 0 Å². The van der Waals surface area contributed by atoms with Crippen LogP contribution >= 0.6 is 0 Å². The molecule has 2 heterocycles. The lowest BCUT2D eigenvalue weighted by Crippen LogP contribution is -2.50. The van der Waals surface area contributed by atoms with Gasteiger partial charge in [0.15, 0.2) is 6.29 Å². The van der Waals surface area contributed by atoms with Crippen LogP contribution in [0.25, 0.3) is 0 Å². The first kappa shape index (κ1) is 19.0. The minimum atomic E-state index is -0.316. The number of hydrogen-bond acceptors (Lipinski definition) is 5. The van der Waals surface area contributed by atoms with Crippen LogP contribution in [0, 0.1) is 28.6 Å². The van der Waals surface area contributed by atoms with E-state index in [1.54, 1.807) is 5.57 Å². The summed E-state index contributed by atoms with van der Waals surface area (Å²) < 4.78 is 17.8. The largest absolute Gasteiger partial charge is 0.394 e. The summed E-state index contributed by atoms with van der Waals surface area (Å²) in [6.07, 6.45) is 10.7. The lowest BCUT2D eigenvalue weighted by atomic mass is 9.48. The van der Waals surface area contributed by atoms with Crippen LogP contribution in [0.4, 0.5) is 0 Å². The summed E-state index contributed by atoms with van der Waals surface area (Å²) in [5.74, 6) is 2.50. The van der Waals surface area contributed by atoms with Crippen molar-refractivity contribution in [2.75, 3.05) is 6.61 Å². The molecule has 2 saturated heterocycles. The summed E-state index contributed by atoms with van der Waals surface area (Å²) in [5.41, 5.74) is 1.79. The fraction of sp³-hybridized carbons (Fsp3) is 0.875. The standard InChI is InChI=1S/C24H34O5/c1-23-9-7-14(27-22-21-20(29-21)18(12-25)28-22)11-13(23)3-4-15-16-5-6-19(26)24(16,2)10-8-17(15)23/h3,14-18,20-22,25H,4-12H2,1-2H3. The molecule has 0 aromatic rings. The van der Waals surface area contributed by atoms with Crippen LogP contribution in [-0.4, -0.2) is 48.2 Å². The zero-order valence-electron chi connectivity index (χ0n) is 17.6. The van der Waals surface area contributed by atoms with Crippen LogP contribution in [0.15, 0.2) is 11.6 Å². The summed E-state index contributed by atoms with van der Waals surface area (Å²) in [7, 11) is 0. The molecule has 160 valence electrons. The molecular formula is C24H34O5. The molecule has 6 aliphatic rings. The van der Waals surface area contributed by atoms with Gasteiger partial charge in [-0.15, -0.1) is 0 Å². The molecule has 10 unspecified atom stereocenters. The molecule has 4 aliphatic carbocycles. The summed E-state index contributed by atoms with van der Waals surface area (Å²) in [5, 5.41) is 9.39. The van der Waals surface area contributed by atoms with Gasteiger partial charge in [0, 0.05) is 11.8 Å². The maximum absolute atomic E-state index is 12.6. The number of Topliss-reactive ketones (excluding diaryl/α,β-unsaturated/α-hetero) is 1. The van der Waals surface area contributed by atoms with E-state index in [1.165, 1.54) is 6.42 Å². The predicted molar refractivity (Wildman–Crippen MR) is 106 cm³/mol. The van der Waals surface area contributed by atoms with Gasteiger partial charge in [-0.25, -0.2) is 0 Å². The van der Waals surface area contributed by atoms with Gasteiger partial charge in [-0.1, -0.05) is 25.5 Å². The van der Waals surface area contributed by atoms with Crippen molar-refractivity contribution in [1.29, 1.82) is 0 Å². The summed E-state index contributed by atoms with van der Waals surface area (Å²) in [6.45, 7) is 4.74. The smallest absolute Gasteiger partial charge is 0.187 e. The Morgan fingerprint density at radius 2 is 1.90 bits per heavy atom. The van der Waals surface area contributed by atoms with Crippen molar-refractivity contribution < 1.29 is 24.1 Å². The van der Waals surface area contributed by atoms with Gasteiger partial charge in [0.1, 0.15) is 24.1 Å². The van der Waals surface area contributed by atoms with Crippen LogP contribution in [0.1, 0.15) is 65.2 Å². The maximum atomic E-state index is 12.6. The Morgan fingerprint density at radius 3 is 2.69 bits per heavy atom. The summed E-state index contributed by atoms with van der Waals surface area (Å²) in [4.78, 5) is 12.6. The predicted octanol–water partition coefficient (Wildman–Crippen LogP) is 3.39. The molecule has 3 saturated carbocycles. The lowest BCUT2D eigenvalue weighted by Gasteiger charge is -2.57. The second-order valence-corrected chi connectivity index (χ2v) is 11.0. The topological polar surface area (TPSA) is 68.3 Å². The molecule has 1 N–H and O–H groups in total. The van der Waals surface area contributed by atoms with Gasteiger partial charge in [-0.3, -0.25) is 4.79 Å².